The van der Waals surface area contributed by atoms with Gasteiger partial charge in [-0.1, -0.05) is 184 Å². The molecule has 0 spiro atoms. The molecule has 16 heteroatoms. The number of esters is 4. The Balaban J connectivity index is 3.06. The van der Waals surface area contributed by atoms with Crippen LogP contribution in [-0.4, -0.2) is 83.4 Å². The summed E-state index contributed by atoms with van der Waals surface area (Å²) in [6.45, 7) is 22.7. The molecule has 0 aliphatic carbocycles. The standard InChI is InChI=1S/C70H106O16/c1-13-25-29-33-43-55(81-65(75)47(17-5)18-6)61(71)51-39-37-41-53(59(51)63(73)57(45-35-31-27-15-3)83-67(77)49(21-9)22-10)69(79)85-86-70(80)54-42-38-40-52(62(72)56(44-34-30-26-14-2)82-66(76)48(19-7)20-8)60(54)64(74)58(46-36-32-28-16-4)84-68(78)50(23-11)24-12/h37-42,47-50,55-58H,13-36,43-46H2,1-12H3. The van der Waals surface area contributed by atoms with Crippen molar-refractivity contribution < 1.29 is 76.7 Å². The van der Waals surface area contributed by atoms with Crippen LogP contribution >= 0.6 is 0 Å². The predicted octanol–water partition coefficient (Wildman–Crippen LogP) is 16.6. The van der Waals surface area contributed by atoms with Crippen molar-refractivity contribution in [2.75, 3.05) is 0 Å². The average Bonchev–Trinajstić information content (AvgIpc) is 1.14. The zero-order valence-electron chi connectivity index (χ0n) is 54.4. The van der Waals surface area contributed by atoms with Crippen LogP contribution < -0.4 is 0 Å². The summed E-state index contributed by atoms with van der Waals surface area (Å²) >= 11 is 0. The SMILES string of the molecule is CCCCCCC(OC(=O)C(CC)CC)C(=O)c1cccc(C(=O)OOC(=O)c2cccc(C(=O)C(CCCCCC)OC(=O)C(CC)CC)c2C(=O)C(CCCCCC)OC(=O)C(CC)CC)c1C(=O)C(CCCCCC)OC(=O)C(CC)CC. The quantitative estimate of drug-likeness (QED) is 0.0150. The first-order chi connectivity index (χ1) is 41.4. The number of hydrogen-bond acceptors (Lipinski definition) is 16. The Hall–Kier alpha value is -6.06. The van der Waals surface area contributed by atoms with Crippen LogP contribution in [-0.2, 0) is 47.9 Å². The molecule has 0 bridgehead atoms. The number of ketones is 4. The molecule has 4 atom stereocenters. The lowest BCUT2D eigenvalue weighted by Crippen LogP contribution is -2.35. The summed E-state index contributed by atoms with van der Waals surface area (Å²) in [6.07, 6.45) is 9.58. The molecule has 482 valence electrons. The van der Waals surface area contributed by atoms with Gasteiger partial charge in [-0.05, 0) is 115 Å². The number of ether oxygens (including phenoxy) is 4. The summed E-state index contributed by atoms with van der Waals surface area (Å²) in [6, 6.07) is 7.70. The van der Waals surface area contributed by atoms with Gasteiger partial charge in [0.05, 0.1) is 34.8 Å². The van der Waals surface area contributed by atoms with E-state index < -0.39 is 129 Å². The minimum absolute atomic E-state index is 0.0374. The zero-order chi connectivity index (χ0) is 64.1. The van der Waals surface area contributed by atoms with Gasteiger partial charge < -0.3 is 18.9 Å². The molecule has 0 saturated heterocycles. The van der Waals surface area contributed by atoms with Gasteiger partial charge in [-0.15, -0.1) is 0 Å². The molecule has 0 radical (unpaired) electrons. The zero-order valence-corrected chi connectivity index (χ0v) is 54.4. The van der Waals surface area contributed by atoms with Gasteiger partial charge in [0, 0.05) is 22.3 Å². The Morgan fingerprint density at radius 3 is 0.733 bits per heavy atom. The van der Waals surface area contributed by atoms with Crippen molar-refractivity contribution in [2.45, 2.75) is 287 Å². The Morgan fingerprint density at radius 2 is 0.512 bits per heavy atom. The lowest BCUT2D eigenvalue weighted by Gasteiger charge is -2.24. The molecule has 16 nitrogen and oxygen atoms in total. The van der Waals surface area contributed by atoms with E-state index in [0.717, 1.165) is 64.2 Å². The summed E-state index contributed by atoms with van der Waals surface area (Å²) in [7, 11) is 0. The van der Waals surface area contributed by atoms with E-state index in [-0.39, 0.29) is 36.8 Å². The average molecular weight is 1200 g/mol. The minimum Gasteiger partial charge on any atom is -0.454 e. The van der Waals surface area contributed by atoms with E-state index in [1.165, 1.54) is 36.4 Å². The van der Waals surface area contributed by atoms with E-state index >= 15 is 19.2 Å². The molecule has 2 aromatic rings. The Labute approximate surface area is 514 Å². The van der Waals surface area contributed by atoms with E-state index in [9.17, 15) is 28.8 Å². The number of rotatable bonds is 46. The smallest absolute Gasteiger partial charge is 0.387 e. The van der Waals surface area contributed by atoms with Crippen LogP contribution in [0.25, 0.3) is 0 Å². The van der Waals surface area contributed by atoms with Crippen molar-refractivity contribution in [1.82, 2.24) is 0 Å². The van der Waals surface area contributed by atoms with Gasteiger partial charge in [0.2, 0.25) is 23.1 Å². The molecule has 0 aliphatic heterocycles. The third-order valence-corrected chi connectivity index (χ3v) is 16.5. The van der Waals surface area contributed by atoms with Crippen LogP contribution in [0.15, 0.2) is 36.4 Å². The number of benzene rings is 2. The normalized spacial score (nSPS) is 12.8. The van der Waals surface area contributed by atoms with Crippen molar-refractivity contribution in [3.8, 4) is 0 Å². The maximum atomic E-state index is 15.4. The first-order valence-corrected chi connectivity index (χ1v) is 33.1. The summed E-state index contributed by atoms with van der Waals surface area (Å²) in [5.74, 6) is -10.8. The largest absolute Gasteiger partial charge is 0.454 e. The molecule has 0 aromatic heterocycles. The lowest BCUT2D eigenvalue weighted by atomic mass is 9.88. The first-order valence-electron chi connectivity index (χ1n) is 33.1. The third kappa shape index (κ3) is 23.9. The van der Waals surface area contributed by atoms with Crippen LogP contribution in [0.1, 0.15) is 325 Å². The first kappa shape index (κ1) is 76.0. The molecule has 0 saturated carbocycles. The molecule has 2 aromatic carbocycles. The van der Waals surface area contributed by atoms with Gasteiger partial charge >= 0.3 is 35.8 Å². The van der Waals surface area contributed by atoms with E-state index in [2.05, 4.69) is 0 Å². The molecule has 0 amide bonds. The molecule has 0 heterocycles. The van der Waals surface area contributed by atoms with E-state index in [0.29, 0.717) is 89.9 Å². The van der Waals surface area contributed by atoms with Gasteiger partial charge in [-0.25, -0.2) is 19.4 Å². The van der Waals surface area contributed by atoms with Crippen molar-refractivity contribution in [3.63, 3.8) is 0 Å². The lowest BCUT2D eigenvalue weighted by molar-refractivity contribution is -0.187. The number of carbonyl (C=O) groups excluding carboxylic acids is 10. The summed E-state index contributed by atoms with van der Waals surface area (Å²) in [5, 5.41) is 0. The Morgan fingerprint density at radius 1 is 0.291 bits per heavy atom. The van der Waals surface area contributed by atoms with Crippen molar-refractivity contribution in [2.24, 2.45) is 23.7 Å². The molecule has 86 heavy (non-hydrogen) atoms. The second-order valence-electron chi connectivity index (χ2n) is 22.8. The molecular formula is C70H106O16. The predicted molar refractivity (Wildman–Crippen MR) is 332 cm³/mol. The minimum atomic E-state index is -1.48. The maximum absolute atomic E-state index is 15.4. The van der Waals surface area contributed by atoms with Crippen LogP contribution in [0, 0.1) is 23.7 Å². The highest BCUT2D eigenvalue weighted by atomic mass is 17.2. The van der Waals surface area contributed by atoms with Crippen molar-refractivity contribution in [3.05, 3.63) is 69.8 Å². The van der Waals surface area contributed by atoms with Crippen LogP contribution in [0.3, 0.4) is 0 Å². The topological polar surface area (TPSA) is 226 Å². The number of carbonyl (C=O) groups is 10. The molecule has 0 N–H and O–H groups in total. The Bertz CT molecular complexity index is 2280. The molecule has 4 unspecified atom stereocenters. The molecule has 0 aliphatic rings. The molecule has 0 fully saturated rings. The second kappa shape index (κ2) is 42.7. The fourth-order valence-corrected chi connectivity index (χ4v) is 10.7. The highest BCUT2D eigenvalue weighted by molar-refractivity contribution is 6.18. The van der Waals surface area contributed by atoms with E-state index in [1.807, 2.05) is 83.1 Å². The second-order valence-corrected chi connectivity index (χ2v) is 22.8. The fraction of sp³-hybridized carbons (Fsp3) is 0.686. The van der Waals surface area contributed by atoms with Gasteiger partial charge in [0.25, 0.3) is 0 Å². The van der Waals surface area contributed by atoms with Crippen molar-refractivity contribution in [1.29, 1.82) is 0 Å². The highest BCUT2D eigenvalue weighted by Gasteiger charge is 2.39. The number of unbranched alkanes of at least 4 members (excludes halogenated alkanes) is 12. The van der Waals surface area contributed by atoms with Crippen molar-refractivity contribution >= 4 is 58.9 Å². The van der Waals surface area contributed by atoms with Gasteiger partial charge in [-0.2, -0.15) is 0 Å². The summed E-state index contributed by atoms with van der Waals surface area (Å²) < 4.78 is 24.0. The summed E-state index contributed by atoms with van der Waals surface area (Å²) in [4.78, 5) is 156. The highest BCUT2D eigenvalue weighted by Crippen LogP contribution is 2.30. The Kier molecular flexibility index (Phi) is 37.8. The van der Waals surface area contributed by atoms with Gasteiger partial charge in [-0.3, -0.25) is 38.4 Å². The number of hydrogen-bond donors (Lipinski definition) is 0. The fourth-order valence-electron chi connectivity index (χ4n) is 10.7. The third-order valence-electron chi connectivity index (χ3n) is 16.5. The van der Waals surface area contributed by atoms with Crippen LogP contribution in [0.4, 0.5) is 0 Å². The van der Waals surface area contributed by atoms with E-state index in [4.69, 9.17) is 28.7 Å². The molecule has 2 rings (SSSR count). The summed E-state index contributed by atoms with van der Waals surface area (Å²) in [5.41, 5.74) is -2.73. The monoisotopic (exact) mass is 1200 g/mol. The van der Waals surface area contributed by atoms with Gasteiger partial charge in [0.1, 0.15) is 0 Å². The maximum Gasteiger partial charge on any atom is 0.387 e. The van der Waals surface area contributed by atoms with Crippen LogP contribution in [0.2, 0.25) is 0 Å². The molecular weight excluding hydrogens is 1100 g/mol. The van der Waals surface area contributed by atoms with Gasteiger partial charge in [0.15, 0.2) is 24.4 Å². The van der Waals surface area contributed by atoms with Crippen LogP contribution in [0.5, 0.6) is 0 Å². The number of Topliss-reactive ketones (excluding diaryl/α,β-unsaturated/α-hetero) is 4. The van der Waals surface area contributed by atoms with E-state index in [1.54, 1.807) is 0 Å².